The second-order valence-electron chi connectivity index (χ2n) is 6.37. The number of benzene rings is 1. The number of hydrogen-bond donors (Lipinski definition) is 1. The molecule has 1 aromatic carbocycles. The first kappa shape index (κ1) is 16.0. The van der Waals surface area contributed by atoms with Crippen molar-refractivity contribution in [1.82, 2.24) is 9.88 Å². The molecule has 3 nitrogen and oxygen atoms in total. The van der Waals surface area contributed by atoms with Gasteiger partial charge in [0.15, 0.2) is 0 Å². The number of aromatic nitrogens is 1. The van der Waals surface area contributed by atoms with Crippen molar-refractivity contribution in [1.29, 1.82) is 0 Å². The van der Waals surface area contributed by atoms with Gasteiger partial charge in [0.05, 0.1) is 0 Å². The van der Waals surface area contributed by atoms with Gasteiger partial charge in [-0.1, -0.05) is 49.7 Å². The summed E-state index contributed by atoms with van der Waals surface area (Å²) < 4.78 is 0. The Bertz CT molecular complexity index is 580. The van der Waals surface area contributed by atoms with E-state index in [9.17, 15) is 0 Å². The molecule has 1 saturated heterocycles. The maximum absolute atomic E-state index is 4.60. The standard InChI is InChI=1S/C20H27N3/c1-2-13-21-20-12-11-18(15-22-20)19-10-6-7-14-23(19)16-17-8-4-3-5-9-17/h3-5,8-9,11-12,15,19H,2,6-7,10,13-14,16H2,1H3,(H,21,22)/t19-/m0/s1. The highest BCUT2D eigenvalue weighted by Crippen LogP contribution is 2.32. The molecule has 0 bridgehead atoms. The van der Waals surface area contributed by atoms with Crippen LogP contribution < -0.4 is 5.32 Å². The van der Waals surface area contributed by atoms with Crippen LogP contribution in [0.15, 0.2) is 48.7 Å². The van der Waals surface area contributed by atoms with Crippen LogP contribution >= 0.6 is 0 Å². The minimum absolute atomic E-state index is 0.497. The Hall–Kier alpha value is -1.87. The van der Waals surface area contributed by atoms with E-state index in [1.54, 1.807) is 0 Å². The molecule has 0 aliphatic carbocycles. The number of rotatable bonds is 6. The number of nitrogens with zero attached hydrogens (tertiary/aromatic N) is 2. The van der Waals surface area contributed by atoms with Crippen LogP contribution in [0.4, 0.5) is 5.82 Å². The summed E-state index contributed by atoms with van der Waals surface area (Å²) in [6, 6.07) is 15.7. The summed E-state index contributed by atoms with van der Waals surface area (Å²) in [7, 11) is 0. The van der Waals surface area contributed by atoms with Gasteiger partial charge in [0.25, 0.3) is 0 Å². The number of piperidine rings is 1. The zero-order chi connectivity index (χ0) is 15.9. The molecule has 2 aromatic rings. The summed E-state index contributed by atoms with van der Waals surface area (Å²) >= 11 is 0. The number of nitrogens with one attached hydrogen (secondary N) is 1. The third-order valence-corrected chi connectivity index (χ3v) is 4.57. The molecule has 1 aliphatic heterocycles. The number of likely N-dealkylation sites (tertiary alicyclic amines) is 1. The van der Waals surface area contributed by atoms with Crippen molar-refractivity contribution < 1.29 is 0 Å². The lowest BCUT2D eigenvalue weighted by Gasteiger charge is -2.36. The molecule has 0 unspecified atom stereocenters. The lowest BCUT2D eigenvalue weighted by Crippen LogP contribution is -2.33. The van der Waals surface area contributed by atoms with Gasteiger partial charge in [-0.15, -0.1) is 0 Å². The molecule has 0 spiro atoms. The molecule has 3 rings (SSSR count). The summed E-state index contributed by atoms with van der Waals surface area (Å²) in [4.78, 5) is 7.20. The third-order valence-electron chi connectivity index (χ3n) is 4.57. The Morgan fingerprint density at radius 3 is 2.74 bits per heavy atom. The molecular weight excluding hydrogens is 282 g/mol. The number of anilines is 1. The Morgan fingerprint density at radius 2 is 2.00 bits per heavy atom. The van der Waals surface area contributed by atoms with Gasteiger partial charge in [-0.05, 0) is 43.0 Å². The summed E-state index contributed by atoms with van der Waals surface area (Å²) in [5.41, 5.74) is 2.75. The van der Waals surface area contributed by atoms with Gasteiger partial charge in [-0.3, -0.25) is 4.90 Å². The number of pyridine rings is 1. The molecule has 122 valence electrons. The van der Waals surface area contributed by atoms with Crippen LogP contribution in [0.3, 0.4) is 0 Å². The fraction of sp³-hybridized carbons (Fsp3) is 0.450. The second-order valence-corrected chi connectivity index (χ2v) is 6.37. The van der Waals surface area contributed by atoms with Gasteiger partial charge in [-0.2, -0.15) is 0 Å². The zero-order valence-electron chi connectivity index (χ0n) is 14.0. The third kappa shape index (κ3) is 4.32. The summed E-state index contributed by atoms with van der Waals surface area (Å²) in [6.45, 7) is 5.36. The predicted molar refractivity (Wildman–Crippen MR) is 96.5 cm³/mol. The fourth-order valence-corrected chi connectivity index (χ4v) is 3.34. The Labute approximate surface area is 139 Å². The normalized spacial score (nSPS) is 18.7. The maximum Gasteiger partial charge on any atom is 0.125 e. The Morgan fingerprint density at radius 1 is 1.13 bits per heavy atom. The van der Waals surface area contributed by atoms with Gasteiger partial charge >= 0.3 is 0 Å². The predicted octanol–water partition coefficient (Wildman–Crippen LogP) is 4.63. The molecule has 1 atom stereocenters. The average molecular weight is 309 g/mol. The van der Waals surface area contributed by atoms with Crippen LogP contribution in [0.2, 0.25) is 0 Å². The first-order valence-corrected chi connectivity index (χ1v) is 8.84. The molecule has 0 saturated carbocycles. The monoisotopic (exact) mass is 309 g/mol. The molecule has 0 radical (unpaired) electrons. The van der Waals surface area contributed by atoms with Gasteiger partial charge in [0.2, 0.25) is 0 Å². The molecule has 1 aromatic heterocycles. The highest BCUT2D eigenvalue weighted by molar-refractivity contribution is 5.36. The molecule has 1 aliphatic rings. The quantitative estimate of drug-likeness (QED) is 0.843. The minimum Gasteiger partial charge on any atom is -0.370 e. The van der Waals surface area contributed by atoms with E-state index in [4.69, 9.17) is 0 Å². The van der Waals surface area contributed by atoms with Gasteiger partial charge in [-0.25, -0.2) is 4.98 Å². The van der Waals surface area contributed by atoms with E-state index >= 15 is 0 Å². The molecular formula is C20H27N3. The lowest BCUT2D eigenvalue weighted by molar-refractivity contribution is 0.140. The van der Waals surface area contributed by atoms with Gasteiger partial charge < -0.3 is 5.32 Å². The fourth-order valence-electron chi connectivity index (χ4n) is 3.34. The second kappa shape index (κ2) is 8.11. The van der Waals surface area contributed by atoms with E-state index in [-0.39, 0.29) is 0 Å². The van der Waals surface area contributed by atoms with Crippen molar-refractivity contribution in [3.8, 4) is 0 Å². The average Bonchev–Trinajstić information content (AvgIpc) is 2.62. The van der Waals surface area contributed by atoms with E-state index in [1.807, 2.05) is 0 Å². The molecule has 1 fully saturated rings. The van der Waals surface area contributed by atoms with Crippen molar-refractivity contribution in [3.05, 3.63) is 59.8 Å². The van der Waals surface area contributed by atoms with E-state index < -0.39 is 0 Å². The van der Waals surface area contributed by atoms with Crippen molar-refractivity contribution >= 4 is 5.82 Å². The van der Waals surface area contributed by atoms with Gasteiger partial charge in [0, 0.05) is 25.3 Å². The highest BCUT2D eigenvalue weighted by atomic mass is 15.2. The molecule has 3 heteroatoms. The minimum atomic E-state index is 0.497. The molecule has 1 N–H and O–H groups in total. The molecule has 23 heavy (non-hydrogen) atoms. The zero-order valence-corrected chi connectivity index (χ0v) is 14.0. The largest absolute Gasteiger partial charge is 0.370 e. The smallest absolute Gasteiger partial charge is 0.125 e. The SMILES string of the molecule is CCCNc1ccc([C@@H]2CCCCN2Cc2ccccc2)cn1. The van der Waals surface area contributed by atoms with Crippen molar-refractivity contribution in [3.63, 3.8) is 0 Å². The van der Waals surface area contributed by atoms with E-state index in [2.05, 4.69) is 70.8 Å². The lowest BCUT2D eigenvalue weighted by atomic mass is 9.95. The topological polar surface area (TPSA) is 28.2 Å². The molecule has 0 amide bonds. The summed E-state index contributed by atoms with van der Waals surface area (Å²) in [6.07, 6.45) is 7.03. The van der Waals surface area contributed by atoms with E-state index in [0.717, 1.165) is 25.3 Å². The Kier molecular flexibility index (Phi) is 5.65. The van der Waals surface area contributed by atoms with Crippen LogP contribution in [-0.4, -0.2) is 23.0 Å². The summed E-state index contributed by atoms with van der Waals surface area (Å²) in [5, 5.41) is 3.35. The first-order chi connectivity index (χ1) is 11.4. The first-order valence-electron chi connectivity index (χ1n) is 8.84. The van der Waals surface area contributed by atoms with Crippen molar-refractivity contribution in [2.45, 2.75) is 45.2 Å². The van der Waals surface area contributed by atoms with Crippen LogP contribution in [0.5, 0.6) is 0 Å². The van der Waals surface area contributed by atoms with Crippen LogP contribution in [-0.2, 0) is 6.54 Å². The maximum atomic E-state index is 4.60. The van der Waals surface area contributed by atoms with E-state index in [1.165, 1.54) is 36.9 Å². The Balaban J connectivity index is 1.70. The van der Waals surface area contributed by atoms with Crippen LogP contribution in [0.1, 0.15) is 49.8 Å². The van der Waals surface area contributed by atoms with Gasteiger partial charge in [0.1, 0.15) is 5.82 Å². The van der Waals surface area contributed by atoms with Crippen LogP contribution in [0, 0.1) is 0 Å². The van der Waals surface area contributed by atoms with Crippen molar-refractivity contribution in [2.24, 2.45) is 0 Å². The number of hydrogen-bond acceptors (Lipinski definition) is 3. The highest BCUT2D eigenvalue weighted by Gasteiger charge is 2.24. The molecule has 2 heterocycles. The van der Waals surface area contributed by atoms with Crippen molar-refractivity contribution in [2.75, 3.05) is 18.4 Å². The van der Waals surface area contributed by atoms with E-state index in [0.29, 0.717) is 6.04 Å². The summed E-state index contributed by atoms with van der Waals surface area (Å²) in [5.74, 6) is 0.987. The van der Waals surface area contributed by atoms with Crippen LogP contribution in [0.25, 0.3) is 0 Å².